The van der Waals surface area contributed by atoms with Crippen LogP contribution in [-0.2, 0) is 10.2 Å². The molecule has 90 valence electrons. The molecular weight excluding hydrogens is 280 g/mol. The van der Waals surface area contributed by atoms with E-state index in [1.165, 1.54) is 6.29 Å². The lowest BCUT2D eigenvalue weighted by atomic mass is 9.54. The summed E-state index contributed by atoms with van der Waals surface area (Å²) >= 11 is 3.37. The van der Waals surface area contributed by atoms with Gasteiger partial charge in [0.2, 0.25) is 0 Å². The third-order valence-electron chi connectivity index (χ3n) is 4.65. The van der Waals surface area contributed by atoms with Gasteiger partial charge in [0.05, 0.1) is 4.47 Å². The monoisotopic (exact) mass is 294 g/mol. The van der Waals surface area contributed by atoms with Crippen molar-refractivity contribution in [2.75, 3.05) is 0 Å². The van der Waals surface area contributed by atoms with Gasteiger partial charge in [-0.1, -0.05) is 0 Å². The number of halogens is 1. The molecule has 17 heavy (non-hydrogen) atoms. The number of nitrogens with zero attached hydrogens (tertiary/aromatic N) is 2. The molecule has 3 saturated carbocycles. The summed E-state index contributed by atoms with van der Waals surface area (Å²) in [6, 6.07) is 0. The number of hydrogen-bond donors (Lipinski definition) is 0. The molecule has 3 nitrogen and oxygen atoms in total. The maximum Gasteiger partial charge on any atom is 0.134 e. The summed E-state index contributed by atoms with van der Waals surface area (Å²) in [6.45, 7) is 0. The molecule has 0 radical (unpaired) electrons. The Hall–Kier alpha value is -0.770. The van der Waals surface area contributed by atoms with Gasteiger partial charge in [0.15, 0.2) is 0 Å². The molecule has 0 N–H and O–H groups in total. The quantitative estimate of drug-likeness (QED) is 0.788. The fourth-order valence-electron chi connectivity index (χ4n) is 3.31. The number of carbonyl (C=O) groups is 1. The lowest BCUT2D eigenvalue weighted by Gasteiger charge is -2.50. The lowest BCUT2D eigenvalue weighted by molar-refractivity contribution is -0.122. The van der Waals surface area contributed by atoms with Crippen molar-refractivity contribution < 1.29 is 4.79 Å². The van der Waals surface area contributed by atoms with E-state index in [1.807, 2.05) is 12.4 Å². The highest BCUT2D eigenvalue weighted by atomic mass is 79.9. The van der Waals surface area contributed by atoms with Crippen LogP contribution in [0.5, 0.6) is 0 Å². The average Bonchev–Trinajstić information content (AvgIpc) is 2.41. The zero-order valence-corrected chi connectivity index (χ0v) is 11.2. The molecule has 4 heteroatoms. The Morgan fingerprint density at radius 2 is 1.59 bits per heavy atom. The fraction of sp³-hybridized carbons (Fsp3) is 0.615. The van der Waals surface area contributed by atoms with Gasteiger partial charge in [0.1, 0.15) is 12.1 Å². The minimum Gasteiger partial charge on any atom is -0.303 e. The second-order valence-electron chi connectivity index (χ2n) is 5.49. The van der Waals surface area contributed by atoms with Crippen molar-refractivity contribution >= 4 is 22.2 Å². The molecule has 0 amide bonds. The van der Waals surface area contributed by atoms with E-state index in [-0.39, 0.29) is 10.8 Å². The number of aromatic nitrogens is 2. The minimum atomic E-state index is -0.0168. The molecule has 4 rings (SSSR count). The number of carbonyl (C=O) groups excluding carboxylic acids is 1. The van der Waals surface area contributed by atoms with Crippen molar-refractivity contribution in [3.8, 4) is 0 Å². The van der Waals surface area contributed by atoms with E-state index in [2.05, 4.69) is 25.9 Å². The molecular formula is C13H15BrN2O. The molecule has 0 aromatic carbocycles. The molecule has 2 bridgehead atoms. The summed E-state index contributed by atoms with van der Waals surface area (Å²) in [4.78, 5) is 20.1. The van der Waals surface area contributed by atoms with E-state index in [9.17, 15) is 4.79 Å². The minimum absolute atomic E-state index is 0.0168. The smallest absolute Gasteiger partial charge is 0.134 e. The third kappa shape index (κ3) is 1.73. The number of hydrogen-bond acceptors (Lipinski definition) is 3. The van der Waals surface area contributed by atoms with Crippen molar-refractivity contribution in [2.45, 2.75) is 43.9 Å². The first kappa shape index (κ1) is 11.3. The Labute approximate surface area is 109 Å². The topological polar surface area (TPSA) is 42.9 Å². The Balaban J connectivity index is 1.90. The summed E-state index contributed by atoms with van der Waals surface area (Å²) in [5, 5.41) is 0. The normalized spacial score (nSPS) is 35.8. The fourth-order valence-corrected chi connectivity index (χ4v) is 3.52. The number of aldehydes is 1. The van der Waals surface area contributed by atoms with E-state index in [0.717, 1.165) is 48.8 Å². The van der Waals surface area contributed by atoms with Crippen LogP contribution in [0.25, 0.3) is 0 Å². The lowest BCUT2D eigenvalue weighted by Crippen LogP contribution is -2.45. The van der Waals surface area contributed by atoms with Gasteiger partial charge in [0, 0.05) is 23.2 Å². The van der Waals surface area contributed by atoms with Crippen molar-refractivity contribution in [2.24, 2.45) is 5.41 Å². The summed E-state index contributed by atoms with van der Waals surface area (Å²) in [5.41, 5.74) is 0.128. The standard InChI is InChI=1S/C13H15BrN2O/c14-10-7-15-11(16-8-10)13-4-1-12(9-17,2-5-13)3-6-13/h7-9H,1-6H2. The maximum atomic E-state index is 11.2. The highest BCUT2D eigenvalue weighted by Gasteiger charge is 2.50. The molecule has 1 heterocycles. The molecule has 0 spiro atoms. The van der Waals surface area contributed by atoms with Crippen molar-refractivity contribution in [1.29, 1.82) is 0 Å². The summed E-state index contributed by atoms with van der Waals surface area (Å²) < 4.78 is 0.923. The van der Waals surface area contributed by atoms with Gasteiger partial charge < -0.3 is 4.79 Å². The van der Waals surface area contributed by atoms with Gasteiger partial charge in [-0.25, -0.2) is 9.97 Å². The van der Waals surface area contributed by atoms with E-state index < -0.39 is 0 Å². The second-order valence-corrected chi connectivity index (χ2v) is 6.40. The Bertz CT molecular complexity index is 419. The first-order valence-electron chi connectivity index (χ1n) is 6.13. The Kier molecular flexibility index (Phi) is 2.58. The van der Waals surface area contributed by atoms with Crippen LogP contribution >= 0.6 is 15.9 Å². The predicted octanol–water partition coefficient (Wildman–Crippen LogP) is 3.03. The van der Waals surface area contributed by atoms with Crippen molar-refractivity contribution in [1.82, 2.24) is 9.97 Å². The summed E-state index contributed by atoms with van der Waals surface area (Å²) in [5.74, 6) is 0.972. The van der Waals surface area contributed by atoms with Crippen LogP contribution in [0, 0.1) is 5.41 Å². The second kappa shape index (κ2) is 3.87. The zero-order valence-electron chi connectivity index (χ0n) is 9.66. The van der Waals surface area contributed by atoms with Gasteiger partial charge in [-0.15, -0.1) is 0 Å². The molecule has 0 unspecified atom stereocenters. The van der Waals surface area contributed by atoms with Crippen molar-refractivity contribution in [3.63, 3.8) is 0 Å². The Morgan fingerprint density at radius 1 is 1.06 bits per heavy atom. The van der Waals surface area contributed by atoms with Crippen LogP contribution in [0.15, 0.2) is 16.9 Å². The largest absolute Gasteiger partial charge is 0.303 e. The van der Waals surface area contributed by atoms with E-state index in [0.29, 0.717) is 0 Å². The molecule has 3 fully saturated rings. The van der Waals surface area contributed by atoms with Gasteiger partial charge in [-0.05, 0) is 54.5 Å². The SMILES string of the molecule is O=CC12CCC(c3ncc(Br)cn3)(CC1)CC2. The van der Waals surface area contributed by atoms with Crippen LogP contribution in [0.1, 0.15) is 44.3 Å². The number of fused-ring (bicyclic) bond motifs is 3. The van der Waals surface area contributed by atoms with Gasteiger partial charge in [-0.2, -0.15) is 0 Å². The molecule has 3 aliphatic rings. The van der Waals surface area contributed by atoms with E-state index >= 15 is 0 Å². The van der Waals surface area contributed by atoms with E-state index in [4.69, 9.17) is 0 Å². The van der Waals surface area contributed by atoms with Crippen LogP contribution in [0.4, 0.5) is 0 Å². The van der Waals surface area contributed by atoms with Gasteiger partial charge in [0.25, 0.3) is 0 Å². The van der Waals surface area contributed by atoms with Crippen LogP contribution in [0.2, 0.25) is 0 Å². The first-order chi connectivity index (χ1) is 8.18. The number of rotatable bonds is 2. The highest BCUT2D eigenvalue weighted by Crippen LogP contribution is 2.56. The first-order valence-corrected chi connectivity index (χ1v) is 6.92. The Morgan fingerprint density at radius 3 is 2.06 bits per heavy atom. The average molecular weight is 295 g/mol. The van der Waals surface area contributed by atoms with E-state index in [1.54, 1.807) is 0 Å². The predicted molar refractivity (Wildman–Crippen MR) is 67.6 cm³/mol. The summed E-state index contributed by atoms with van der Waals surface area (Å²) in [6.07, 6.45) is 11.1. The third-order valence-corrected chi connectivity index (χ3v) is 5.06. The highest BCUT2D eigenvalue weighted by molar-refractivity contribution is 9.10. The zero-order chi connectivity index (χ0) is 11.9. The van der Waals surface area contributed by atoms with Gasteiger partial charge in [-0.3, -0.25) is 0 Å². The van der Waals surface area contributed by atoms with Crippen LogP contribution in [-0.4, -0.2) is 16.3 Å². The maximum absolute atomic E-state index is 11.2. The van der Waals surface area contributed by atoms with Crippen molar-refractivity contribution in [3.05, 3.63) is 22.7 Å². The molecule has 0 atom stereocenters. The van der Waals surface area contributed by atoms with Crippen LogP contribution < -0.4 is 0 Å². The molecule has 1 aromatic rings. The molecule has 1 aromatic heterocycles. The van der Waals surface area contributed by atoms with Gasteiger partial charge >= 0.3 is 0 Å². The molecule has 0 saturated heterocycles. The van der Waals surface area contributed by atoms with Crippen LogP contribution in [0.3, 0.4) is 0 Å². The molecule has 3 aliphatic carbocycles. The summed E-state index contributed by atoms with van der Waals surface area (Å²) in [7, 11) is 0. The molecule has 0 aliphatic heterocycles.